The van der Waals surface area contributed by atoms with Crippen molar-refractivity contribution >= 4 is 6.21 Å². The van der Waals surface area contributed by atoms with Crippen molar-refractivity contribution in [1.82, 2.24) is 9.97 Å². The molecule has 0 aliphatic rings. The van der Waals surface area contributed by atoms with Crippen LogP contribution in [-0.2, 0) is 6.42 Å². The quantitative estimate of drug-likeness (QED) is 0.753. The summed E-state index contributed by atoms with van der Waals surface area (Å²) in [5.74, 6) is 0.913. The Morgan fingerprint density at radius 2 is 2.00 bits per heavy atom. The number of hydrogen-bond acceptors (Lipinski definition) is 4. The lowest BCUT2D eigenvalue weighted by atomic mass is 10.1. The van der Waals surface area contributed by atoms with Gasteiger partial charge in [-0.15, -0.1) is 0 Å². The van der Waals surface area contributed by atoms with Crippen LogP contribution >= 0.6 is 0 Å². The zero-order chi connectivity index (χ0) is 12.6. The summed E-state index contributed by atoms with van der Waals surface area (Å²) in [5, 5.41) is 0. The molecule has 1 aromatic heterocycles. The molecule has 0 bridgehead atoms. The largest absolute Gasteiger partial charge is 0.496 e. The lowest BCUT2D eigenvalue weighted by molar-refractivity contribution is 0.410. The molecule has 0 spiro atoms. The molecule has 0 aliphatic heterocycles. The fourth-order valence-corrected chi connectivity index (χ4v) is 1.64. The first-order valence-electron chi connectivity index (χ1n) is 5.77. The third-order valence-corrected chi connectivity index (χ3v) is 2.52. The molecule has 1 heterocycles. The number of aromatic nitrogens is 2. The molecule has 0 saturated carbocycles. The molecule has 0 aliphatic carbocycles. The number of methoxy groups -OCH3 is 1. The maximum Gasteiger partial charge on any atom is 0.122 e. The summed E-state index contributed by atoms with van der Waals surface area (Å²) >= 11 is 0. The average molecular weight is 241 g/mol. The molecule has 92 valence electrons. The minimum atomic E-state index is 0.718. The molecule has 2 rings (SSSR count). The van der Waals surface area contributed by atoms with Crippen molar-refractivity contribution in [1.29, 1.82) is 0 Å². The lowest BCUT2D eigenvalue weighted by Crippen LogP contribution is -1.95. The molecular weight excluding hydrogens is 226 g/mol. The molecule has 0 amide bonds. The van der Waals surface area contributed by atoms with Crippen LogP contribution in [0.4, 0.5) is 0 Å². The Hall–Kier alpha value is -2.23. The number of nitrogens with zero attached hydrogens (tertiary/aromatic N) is 3. The van der Waals surface area contributed by atoms with Gasteiger partial charge in [0.2, 0.25) is 0 Å². The van der Waals surface area contributed by atoms with E-state index in [1.165, 1.54) is 11.9 Å². The molecule has 0 unspecified atom stereocenters. The zero-order valence-electron chi connectivity index (χ0n) is 10.3. The number of para-hydroxylation sites is 1. The van der Waals surface area contributed by atoms with E-state index in [2.05, 4.69) is 21.0 Å². The van der Waals surface area contributed by atoms with E-state index in [9.17, 15) is 0 Å². The molecule has 1 aromatic carbocycles. The zero-order valence-corrected chi connectivity index (χ0v) is 10.3. The highest BCUT2D eigenvalue weighted by molar-refractivity contribution is 5.78. The molecule has 0 radical (unpaired) electrons. The number of aliphatic imine (C=N–C) groups is 1. The fourth-order valence-electron chi connectivity index (χ4n) is 1.64. The van der Waals surface area contributed by atoms with Crippen LogP contribution in [0, 0.1) is 0 Å². The van der Waals surface area contributed by atoms with Gasteiger partial charge in [-0.25, -0.2) is 9.97 Å². The second-order valence-electron chi connectivity index (χ2n) is 3.77. The van der Waals surface area contributed by atoms with Crippen molar-refractivity contribution in [2.75, 3.05) is 13.7 Å². The predicted molar refractivity (Wildman–Crippen MR) is 71.2 cm³/mol. The van der Waals surface area contributed by atoms with Gasteiger partial charge in [0, 0.05) is 30.7 Å². The highest BCUT2D eigenvalue weighted by atomic mass is 16.5. The van der Waals surface area contributed by atoms with Crippen molar-refractivity contribution in [3.63, 3.8) is 0 Å². The SMILES string of the molecule is COc1ccccc1CCN=Cc1cncnc1. The second kappa shape index (κ2) is 6.49. The molecule has 0 saturated heterocycles. The summed E-state index contributed by atoms with van der Waals surface area (Å²) in [6.07, 6.45) is 7.62. The van der Waals surface area contributed by atoms with E-state index in [4.69, 9.17) is 4.74 Å². The molecule has 4 heteroatoms. The number of ether oxygens (including phenoxy) is 1. The summed E-state index contributed by atoms with van der Waals surface area (Å²) < 4.78 is 5.29. The van der Waals surface area contributed by atoms with E-state index in [0.29, 0.717) is 0 Å². The maximum absolute atomic E-state index is 5.29. The van der Waals surface area contributed by atoms with Crippen molar-refractivity contribution < 1.29 is 4.74 Å². The van der Waals surface area contributed by atoms with Crippen molar-refractivity contribution in [2.45, 2.75) is 6.42 Å². The van der Waals surface area contributed by atoms with E-state index in [-0.39, 0.29) is 0 Å². The first-order valence-corrected chi connectivity index (χ1v) is 5.77. The number of benzene rings is 1. The summed E-state index contributed by atoms with van der Waals surface area (Å²) in [7, 11) is 1.68. The monoisotopic (exact) mass is 241 g/mol. The predicted octanol–water partition coefficient (Wildman–Crippen LogP) is 2.15. The van der Waals surface area contributed by atoms with Crippen LogP contribution in [0.1, 0.15) is 11.1 Å². The van der Waals surface area contributed by atoms with Gasteiger partial charge in [0.15, 0.2) is 0 Å². The molecule has 4 nitrogen and oxygen atoms in total. The summed E-state index contributed by atoms with van der Waals surface area (Å²) in [6, 6.07) is 7.99. The van der Waals surface area contributed by atoms with E-state index < -0.39 is 0 Å². The Bertz CT molecular complexity index is 511. The van der Waals surface area contributed by atoms with Crippen LogP contribution in [0.3, 0.4) is 0 Å². The van der Waals surface area contributed by atoms with Gasteiger partial charge in [-0.1, -0.05) is 18.2 Å². The Kier molecular flexibility index (Phi) is 4.41. The van der Waals surface area contributed by atoms with Crippen LogP contribution in [0.25, 0.3) is 0 Å². The van der Waals surface area contributed by atoms with Gasteiger partial charge in [0.1, 0.15) is 12.1 Å². The van der Waals surface area contributed by atoms with Crippen LogP contribution in [0.15, 0.2) is 48.0 Å². The van der Waals surface area contributed by atoms with Crippen LogP contribution < -0.4 is 4.74 Å². The van der Waals surface area contributed by atoms with Gasteiger partial charge in [0.25, 0.3) is 0 Å². The number of rotatable bonds is 5. The van der Waals surface area contributed by atoms with Crippen molar-refractivity contribution in [2.24, 2.45) is 4.99 Å². The van der Waals surface area contributed by atoms with Gasteiger partial charge in [-0.05, 0) is 18.1 Å². The van der Waals surface area contributed by atoms with Crippen molar-refractivity contribution in [3.8, 4) is 5.75 Å². The third-order valence-electron chi connectivity index (χ3n) is 2.52. The minimum Gasteiger partial charge on any atom is -0.496 e. The van der Waals surface area contributed by atoms with E-state index in [1.54, 1.807) is 25.7 Å². The van der Waals surface area contributed by atoms with Crippen molar-refractivity contribution in [3.05, 3.63) is 54.1 Å². The molecule has 0 atom stereocenters. The van der Waals surface area contributed by atoms with Gasteiger partial charge in [-0.3, -0.25) is 4.99 Å². The van der Waals surface area contributed by atoms with Gasteiger partial charge >= 0.3 is 0 Å². The van der Waals surface area contributed by atoms with E-state index >= 15 is 0 Å². The molecule has 18 heavy (non-hydrogen) atoms. The Labute approximate surface area is 106 Å². The summed E-state index contributed by atoms with van der Waals surface area (Å²) in [4.78, 5) is 12.2. The Balaban J connectivity index is 1.91. The van der Waals surface area contributed by atoms with Crippen LogP contribution in [0.2, 0.25) is 0 Å². The van der Waals surface area contributed by atoms with Crippen LogP contribution in [-0.4, -0.2) is 29.8 Å². The first kappa shape index (κ1) is 12.2. The van der Waals surface area contributed by atoms with Gasteiger partial charge in [-0.2, -0.15) is 0 Å². The van der Waals surface area contributed by atoms with Gasteiger partial charge in [0.05, 0.1) is 7.11 Å². The topological polar surface area (TPSA) is 47.4 Å². The normalized spacial score (nSPS) is 10.7. The smallest absolute Gasteiger partial charge is 0.122 e. The van der Waals surface area contributed by atoms with E-state index in [0.717, 1.165) is 24.3 Å². The second-order valence-corrected chi connectivity index (χ2v) is 3.77. The van der Waals surface area contributed by atoms with Crippen LogP contribution in [0.5, 0.6) is 5.75 Å². The summed E-state index contributed by atoms with van der Waals surface area (Å²) in [5.41, 5.74) is 2.08. The lowest BCUT2D eigenvalue weighted by Gasteiger charge is -2.05. The molecule has 0 N–H and O–H groups in total. The molecule has 0 fully saturated rings. The average Bonchev–Trinajstić information content (AvgIpc) is 2.45. The van der Waals surface area contributed by atoms with E-state index in [1.807, 2.05) is 18.2 Å². The Morgan fingerprint density at radius 1 is 1.22 bits per heavy atom. The fraction of sp³-hybridized carbons (Fsp3) is 0.214. The summed E-state index contributed by atoms with van der Waals surface area (Å²) in [6.45, 7) is 0.718. The maximum atomic E-state index is 5.29. The third kappa shape index (κ3) is 3.38. The van der Waals surface area contributed by atoms with Gasteiger partial charge < -0.3 is 4.74 Å². The minimum absolute atomic E-state index is 0.718. The highest BCUT2D eigenvalue weighted by Gasteiger charge is 1.99. The molecule has 2 aromatic rings. The Morgan fingerprint density at radius 3 is 2.78 bits per heavy atom. The number of hydrogen-bond donors (Lipinski definition) is 0. The standard InChI is InChI=1S/C14H15N3O/c1-18-14-5-3-2-4-13(14)6-7-15-8-12-9-16-11-17-10-12/h2-5,8-11H,6-7H2,1H3. The highest BCUT2D eigenvalue weighted by Crippen LogP contribution is 2.17. The first-order chi connectivity index (χ1) is 8.90. The molecular formula is C14H15N3O.